The van der Waals surface area contributed by atoms with Crippen LogP contribution in [0.5, 0.6) is 0 Å². The Bertz CT molecular complexity index is 444. The summed E-state index contributed by atoms with van der Waals surface area (Å²) in [4.78, 5) is 18.4. The molecule has 0 spiro atoms. The molecule has 1 aromatic rings. The predicted octanol–water partition coefficient (Wildman–Crippen LogP) is 2.06. The second-order valence-corrected chi connectivity index (χ2v) is 5.10. The van der Waals surface area contributed by atoms with E-state index >= 15 is 0 Å². The van der Waals surface area contributed by atoms with Gasteiger partial charge in [-0.1, -0.05) is 11.8 Å². The van der Waals surface area contributed by atoms with E-state index in [2.05, 4.69) is 10.4 Å². The molecule has 1 amide bonds. The molecule has 2 aliphatic rings. The van der Waals surface area contributed by atoms with E-state index in [0.717, 1.165) is 19.4 Å². The number of hydrogen-bond donors (Lipinski definition) is 0. The van der Waals surface area contributed by atoms with E-state index in [1.54, 1.807) is 24.2 Å². The second kappa shape index (κ2) is 3.94. The molecule has 0 saturated carbocycles. The summed E-state index contributed by atoms with van der Waals surface area (Å²) < 4.78 is 0. The number of β-lactam (4-membered cyclic amide) rings is 1. The van der Waals surface area contributed by atoms with Crippen LogP contribution in [0.15, 0.2) is 40.4 Å². The smallest absolute Gasteiger partial charge is 0.225 e. The van der Waals surface area contributed by atoms with Crippen LogP contribution in [0.25, 0.3) is 0 Å². The van der Waals surface area contributed by atoms with Crippen LogP contribution in [0.1, 0.15) is 12.8 Å². The van der Waals surface area contributed by atoms with E-state index in [1.807, 2.05) is 17.0 Å². The molecule has 3 heterocycles. The van der Waals surface area contributed by atoms with E-state index in [4.69, 9.17) is 0 Å². The summed E-state index contributed by atoms with van der Waals surface area (Å²) in [5.41, 5.74) is 1.37. The first-order chi connectivity index (χ1) is 7.83. The van der Waals surface area contributed by atoms with Gasteiger partial charge in [0.15, 0.2) is 0 Å². The van der Waals surface area contributed by atoms with Crippen LogP contribution in [0.2, 0.25) is 0 Å². The first kappa shape index (κ1) is 9.90. The molecule has 3 rings (SSSR count). The van der Waals surface area contributed by atoms with Crippen molar-refractivity contribution in [3.05, 3.63) is 35.5 Å². The van der Waals surface area contributed by atoms with Gasteiger partial charge >= 0.3 is 0 Å². The molecular weight excluding hydrogens is 220 g/mol. The molecule has 2 aliphatic heterocycles. The molecule has 1 atom stereocenters. The lowest BCUT2D eigenvalue weighted by Crippen LogP contribution is -2.47. The predicted molar refractivity (Wildman–Crippen MR) is 62.9 cm³/mol. The van der Waals surface area contributed by atoms with Gasteiger partial charge in [-0.3, -0.25) is 9.78 Å². The minimum atomic E-state index is 0.308. The number of carbonyl (C=O) groups is 1. The van der Waals surface area contributed by atoms with Crippen LogP contribution in [0, 0.1) is 0 Å². The molecule has 82 valence electrons. The van der Waals surface area contributed by atoms with Gasteiger partial charge in [0.1, 0.15) is 0 Å². The fraction of sp³-hybridized carbons (Fsp3) is 0.333. The summed E-state index contributed by atoms with van der Waals surface area (Å²) in [6.07, 6.45) is 5.40. The third-order valence-corrected chi connectivity index (χ3v) is 4.05. The Hall–Kier alpha value is -1.29. The highest BCUT2D eigenvalue weighted by molar-refractivity contribution is 8.02. The summed E-state index contributed by atoms with van der Waals surface area (Å²) in [6.45, 7) is 0.835. The number of thioether (sulfide) groups is 1. The van der Waals surface area contributed by atoms with Crippen molar-refractivity contribution < 1.29 is 4.79 Å². The maximum atomic E-state index is 11.2. The lowest BCUT2D eigenvalue weighted by molar-refractivity contribution is -0.142. The number of amides is 1. The van der Waals surface area contributed by atoms with Gasteiger partial charge in [0.05, 0.1) is 0 Å². The van der Waals surface area contributed by atoms with E-state index in [1.165, 1.54) is 10.5 Å². The Morgan fingerprint density at radius 2 is 2.19 bits per heavy atom. The molecule has 2 fully saturated rings. The third-order valence-electron chi connectivity index (χ3n) is 3.05. The highest BCUT2D eigenvalue weighted by Crippen LogP contribution is 2.35. The Morgan fingerprint density at radius 3 is 2.88 bits per heavy atom. The van der Waals surface area contributed by atoms with Gasteiger partial charge in [-0.2, -0.15) is 0 Å². The zero-order valence-electron chi connectivity index (χ0n) is 8.80. The van der Waals surface area contributed by atoms with Gasteiger partial charge in [-0.25, -0.2) is 0 Å². The molecule has 0 N–H and O–H groups in total. The van der Waals surface area contributed by atoms with Crippen molar-refractivity contribution >= 4 is 17.7 Å². The molecule has 0 bridgehead atoms. The van der Waals surface area contributed by atoms with Crippen molar-refractivity contribution in [1.29, 1.82) is 0 Å². The summed E-state index contributed by atoms with van der Waals surface area (Å²) in [6, 6.07) is 4.49. The molecule has 3 nitrogen and oxygen atoms in total. The number of hydrogen-bond acceptors (Lipinski definition) is 3. The summed E-state index contributed by atoms with van der Waals surface area (Å²) in [7, 11) is 0. The Labute approximate surface area is 98.5 Å². The highest BCUT2D eigenvalue weighted by Gasteiger charge is 2.41. The van der Waals surface area contributed by atoms with Gasteiger partial charge < -0.3 is 4.90 Å². The first-order valence-electron chi connectivity index (χ1n) is 5.37. The fourth-order valence-corrected chi connectivity index (χ4v) is 2.91. The number of nitrogens with zero attached hydrogens (tertiary/aromatic N) is 2. The van der Waals surface area contributed by atoms with Gasteiger partial charge in [0, 0.05) is 36.3 Å². The van der Waals surface area contributed by atoms with Crippen molar-refractivity contribution in [1.82, 2.24) is 9.88 Å². The van der Waals surface area contributed by atoms with Gasteiger partial charge in [-0.15, -0.1) is 0 Å². The van der Waals surface area contributed by atoms with Gasteiger partial charge in [-0.05, 0) is 29.5 Å². The monoisotopic (exact) mass is 232 g/mol. The molecule has 0 radical (unpaired) electrons. The number of aromatic nitrogens is 1. The summed E-state index contributed by atoms with van der Waals surface area (Å²) >= 11 is 1.71. The normalized spacial score (nSPS) is 25.8. The fourth-order valence-electron chi connectivity index (χ4n) is 2.16. The lowest BCUT2D eigenvalue weighted by atomic mass is 10.0. The molecule has 1 aromatic heterocycles. The SMILES string of the molecule is O=C1C[C@H]2CC(=CSc3ccncc3)CN12. The van der Waals surface area contributed by atoms with Crippen molar-refractivity contribution in [2.45, 2.75) is 23.8 Å². The van der Waals surface area contributed by atoms with E-state index in [-0.39, 0.29) is 0 Å². The Balaban J connectivity index is 1.65. The van der Waals surface area contributed by atoms with Crippen molar-refractivity contribution in [3.63, 3.8) is 0 Å². The summed E-state index contributed by atoms with van der Waals surface area (Å²) in [5, 5.41) is 2.18. The molecule has 0 unspecified atom stereocenters. The third kappa shape index (κ3) is 1.73. The topological polar surface area (TPSA) is 33.2 Å². The van der Waals surface area contributed by atoms with Crippen LogP contribution in [0.3, 0.4) is 0 Å². The Kier molecular flexibility index (Phi) is 2.44. The van der Waals surface area contributed by atoms with Crippen LogP contribution in [-0.4, -0.2) is 28.4 Å². The number of pyridine rings is 1. The first-order valence-corrected chi connectivity index (χ1v) is 6.25. The van der Waals surface area contributed by atoms with E-state index in [9.17, 15) is 4.79 Å². The zero-order valence-corrected chi connectivity index (χ0v) is 9.61. The van der Waals surface area contributed by atoms with Gasteiger partial charge in [0.2, 0.25) is 5.91 Å². The minimum Gasteiger partial charge on any atom is -0.335 e. The van der Waals surface area contributed by atoms with E-state index < -0.39 is 0 Å². The van der Waals surface area contributed by atoms with Crippen LogP contribution < -0.4 is 0 Å². The zero-order chi connectivity index (χ0) is 11.0. The summed E-state index contributed by atoms with van der Waals surface area (Å²) in [5.74, 6) is 0.308. The standard InChI is InChI=1S/C12H12N2OS/c15-12-6-10-5-9(7-14(10)12)8-16-11-1-3-13-4-2-11/h1-4,8,10H,5-7H2/t10-/m1/s1. The highest BCUT2D eigenvalue weighted by atomic mass is 32.2. The largest absolute Gasteiger partial charge is 0.335 e. The van der Waals surface area contributed by atoms with Crippen molar-refractivity contribution in [3.8, 4) is 0 Å². The van der Waals surface area contributed by atoms with Crippen LogP contribution >= 0.6 is 11.8 Å². The molecule has 2 saturated heterocycles. The maximum Gasteiger partial charge on any atom is 0.225 e. The molecule has 0 aliphatic carbocycles. The Morgan fingerprint density at radius 1 is 1.38 bits per heavy atom. The molecule has 4 heteroatoms. The number of fused-ring (bicyclic) bond motifs is 1. The average molecular weight is 232 g/mol. The van der Waals surface area contributed by atoms with Crippen molar-refractivity contribution in [2.75, 3.05) is 6.54 Å². The second-order valence-electron chi connectivity index (χ2n) is 4.16. The van der Waals surface area contributed by atoms with Gasteiger partial charge in [0.25, 0.3) is 0 Å². The average Bonchev–Trinajstić information content (AvgIpc) is 2.65. The molecule has 16 heavy (non-hydrogen) atoms. The lowest BCUT2D eigenvalue weighted by Gasteiger charge is -2.33. The molecular formula is C12H12N2OS. The maximum absolute atomic E-state index is 11.2. The quantitative estimate of drug-likeness (QED) is 0.578. The number of rotatable bonds is 2. The van der Waals surface area contributed by atoms with Crippen LogP contribution in [-0.2, 0) is 4.79 Å². The number of carbonyl (C=O) groups excluding carboxylic acids is 1. The van der Waals surface area contributed by atoms with Crippen molar-refractivity contribution in [2.24, 2.45) is 0 Å². The van der Waals surface area contributed by atoms with Crippen LogP contribution in [0.4, 0.5) is 0 Å². The molecule has 0 aromatic carbocycles. The minimum absolute atomic E-state index is 0.308. The van der Waals surface area contributed by atoms with E-state index in [0.29, 0.717) is 11.9 Å².